The minimum absolute atomic E-state index is 0.0747. The Labute approximate surface area is 126 Å². The van der Waals surface area contributed by atoms with Gasteiger partial charge in [-0.1, -0.05) is 23.7 Å². The minimum atomic E-state index is -0.768. The third-order valence-electron chi connectivity index (χ3n) is 2.98. The molecular weight excluding hydrogens is 294 g/mol. The number of rotatable bonds is 3. The van der Waals surface area contributed by atoms with Crippen LogP contribution in [0.4, 0.5) is 5.69 Å². The second-order valence-corrected chi connectivity index (χ2v) is 4.96. The van der Waals surface area contributed by atoms with Crippen molar-refractivity contribution >= 4 is 23.3 Å². The summed E-state index contributed by atoms with van der Waals surface area (Å²) < 4.78 is 5.23. The van der Waals surface area contributed by atoms with Crippen LogP contribution in [0, 0.1) is 24.0 Å². The van der Waals surface area contributed by atoms with Gasteiger partial charge in [-0.05, 0) is 43.7 Å². The zero-order valence-electron chi connectivity index (χ0n) is 11.4. The third-order valence-corrected chi connectivity index (χ3v) is 3.21. The van der Waals surface area contributed by atoms with E-state index in [0.717, 1.165) is 0 Å². The van der Waals surface area contributed by atoms with E-state index >= 15 is 0 Å². The van der Waals surface area contributed by atoms with Gasteiger partial charge in [-0.3, -0.25) is 10.1 Å². The normalized spacial score (nSPS) is 10.2. The SMILES string of the molecule is Cc1cc(Cl)ccc1OC(=O)c1cccc(C)c1[N+](=O)[O-]. The Morgan fingerprint density at radius 1 is 1.19 bits per heavy atom. The summed E-state index contributed by atoms with van der Waals surface area (Å²) in [4.78, 5) is 22.7. The predicted molar refractivity (Wildman–Crippen MR) is 79.0 cm³/mol. The van der Waals surface area contributed by atoms with E-state index in [1.54, 1.807) is 44.2 Å². The maximum Gasteiger partial charge on any atom is 0.350 e. The molecule has 0 unspecified atom stereocenters. The predicted octanol–water partition coefficient (Wildman–Crippen LogP) is 4.08. The quantitative estimate of drug-likeness (QED) is 0.371. The number of aryl methyl sites for hydroxylation is 2. The lowest BCUT2D eigenvalue weighted by Gasteiger charge is -2.08. The summed E-state index contributed by atoms with van der Waals surface area (Å²) in [7, 11) is 0. The van der Waals surface area contributed by atoms with Crippen LogP contribution in [-0.2, 0) is 0 Å². The molecule has 0 heterocycles. The highest BCUT2D eigenvalue weighted by atomic mass is 35.5. The zero-order chi connectivity index (χ0) is 15.6. The van der Waals surface area contributed by atoms with Gasteiger partial charge in [0.15, 0.2) is 0 Å². The number of esters is 1. The highest BCUT2D eigenvalue weighted by molar-refractivity contribution is 6.30. The van der Waals surface area contributed by atoms with Gasteiger partial charge in [-0.2, -0.15) is 0 Å². The van der Waals surface area contributed by atoms with Crippen molar-refractivity contribution in [2.24, 2.45) is 0 Å². The molecule has 0 bridgehead atoms. The van der Waals surface area contributed by atoms with Crippen LogP contribution in [0.15, 0.2) is 36.4 Å². The van der Waals surface area contributed by atoms with Crippen molar-refractivity contribution in [2.75, 3.05) is 0 Å². The first-order valence-electron chi connectivity index (χ1n) is 6.12. The lowest BCUT2D eigenvalue weighted by molar-refractivity contribution is -0.385. The molecule has 2 aromatic carbocycles. The smallest absolute Gasteiger partial charge is 0.350 e. The number of para-hydroxylation sites is 1. The molecule has 0 saturated heterocycles. The average molecular weight is 306 g/mol. The number of nitro groups is 1. The second kappa shape index (κ2) is 5.93. The van der Waals surface area contributed by atoms with E-state index in [2.05, 4.69) is 0 Å². The minimum Gasteiger partial charge on any atom is -0.422 e. The van der Waals surface area contributed by atoms with Crippen LogP contribution < -0.4 is 4.74 Å². The molecule has 0 radical (unpaired) electrons. The van der Waals surface area contributed by atoms with Crippen molar-refractivity contribution in [3.8, 4) is 5.75 Å². The molecule has 0 aromatic heterocycles. The highest BCUT2D eigenvalue weighted by Gasteiger charge is 2.24. The largest absolute Gasteiger partial charge is 0.422 e. The van der Waals surface area contributed by atoms with Crippen molar-refractivity contribution in [3.63, 3.8) is 0 Å². The molecule has 0 N–H and O–H groups in total. The molecule has 21 heavy (non-hydrogen) atoms. The Bertz CT molecular complexity index is 728. The summed E-state index contributed by atoms with van der Waals surface area (Å²) in [6.45, 7) is 3.31. The lowest BCUT2D eigenvalue weighted by Crippen LogP contribution is -2.12. The summed E-state index contributed by atoms with van der Waals surface area (Å²) in [5.74, 6) is -0.448. The molecule has 6 heteroatoms. The van der Waals surface area contributed by atoms with Gasteiger partial charge in [0.25, 0.3) is 5.69 Å². The molecule has 2 rings (SSSR count). The molecule has 0 fully saturated rings. The number of nitrogens with zero attached hydrogens (tertiary/aromatic N) is 1. The van der Waals surface area contributed by atoms with Gasteiger partial charge in [0, 0.05) is 10.6 Å². The average Bonchev–Trinajstić information content (AvgIpc) is 2.41. The lowest BCUT2D eigenvalue weighted by atomic mass is 10.1. The van der Waals surface area contributed by atoms with E-state index in [4.69, 9.17) is 16.3 Å². The molecule has 0 aliphatic rings. The molecule has 0 aliphatic carbocycles. The van der Waals surface area contributed by atoms with Gasteiger partial charge in [-0.25, -0.2) is 4.79 Å². The van der Waals surface area contributed by atoms with Crippen LogP contribution in [0.25, 0.3) is 0 Å². The van der Waals surface area contributed by atoms with Crippen LogP contribution in [0.5, 0.6) is 5.75 Å². The van der Waals surface area contributed by atoms with Crippen molar-refractivity contribution < 1.29 is 14.5 Å². The van der Waals surface area contributed by atoms with E-state index in [0.29, 0.717) is 21.9 Å². The van der Waals surface area contributed by atoms with Crippen LogP contribution >= 0.6 is 11.6 Å². The number of hydrogen-bond acceptors (Lipinski definition) is 4. The van der Waals surface area contributed by atoms with Crippen molar-refractivity contribution in [1.29, 1.82) is 0 Å². The van der Waals surface area contributed by atoms with E-state index in [9.17, 15) is 14.9 Å². The number of carbonyl (C=O) groups is 1. The number of nitro benzene ring substituents is 1. The molecule has 5 nitrogen and oxygen atoms in total. The first-order chi connectivity index (χ1) is 9.90. The maximum absolute atomic E-state index is 12.2. The highest BCUT2D eigenvalue weighted by Crippen LogP contribution is 2.27. The third kappa shape index (κ3) is 3.20. The van der Waals surface area contributed by atoms with Crippen LogP contribution in [-0.4, -0.2) is 10.9 Å². The zero-order valence-corrected chi connectivity index (χ0v) is 12.2. The first kappa shape index (κ1) is 15.0. The van der Waals surface area contributed by atoms with E-state index in [1.165, 1.54) is 6.07 Å². The molecule has 0 spiro atoms. The van der Waals surface area contributed by atoms with Crippen LogP contribution in [0.3, 0.4) is 0 Å². The molecule has 0 aliphatic heterocycles. The Morgan fingerprint density at radius 2 is 1.90 bits per heavy atom. The Hall–Kier alpha value is -2.40. The van der Waals surface area contributed by atoms with Crippen LogP contribution in [0.1, 0.15) is 21.5 Å². The molecule has 0 saturated carbocycles. The van der Waals surface area contributed by atoms with E-state index in [-0.39, 0.29) is 11.3 Å². The molecule has 0 amide bonds. The number of ether oxygens (including phenoxy) is 1. The fourth-order valence-corrected chi connectivity index (χ4v) is 2.17. The van der Waals surface area contributed by atoms with Gasteiger partial charge in [-0.15, -0.1) is 0 Å². The van der Waals surface area contributed by atoms with Crippen molar-refractivity contribution in [1.82, 2.24) is 0 Å². The van der Waals surface area contributed by atoms with E-state index < -0.39 is 10.9 Å². The fourth-order valence-electron chi connectivity index (χ4n) is 1.95. The summed E-state index contributed by atoms with van der Waals surface area (Å²) in [6.07, 6.45) is 0. The first-order valence-corrected chi connectivity index (χ1v) is 6.50. The Balaban J connectivity index is 2.37. The molecular formula is C15H12ClNO4. The summed E-state index contributed by atoms with van der Waals surface area (Å²) in [6, 6.07) is 9.31. The monoisotopic (exact) mass is 305 g/mol. The summed E-state index contributed by atoms with van der Waals surface area (Å²) in [5, 5.41) is 11.6. The van der Waals surface area contributed by atoms with Gasteiger partial charge >= 0.3 is 5.97 Å². The number of benzene rings is 2. The van der Waals surface area contributed by atoms with Gasteiger partial charge in [0.2, 0.25) is 0 Å². The fraction of sp³-hybridized carbons (Fsp3) is 0.133. The molecule has 2 aromatic rings. The molecule has 108 valence electrons. The van der Waals surface area contributed by atoms with Gasteiger partial charge < -0.3 is 4.74 Å². The number of halogens is 1. The van der Waals surface area contributed by atoms with Gasteiger partial charge in [0.05, 0.1) is 4.92 Å². The maximum atomic E-state index is 12.2. The second-order valence-electron chi connectivity index (χ2n) is 4.53. The summed E-state index contributed by atoms with van der Waals surface area (Å²) >= 11 is 5.83. The number of hydrogen-bond donors (Lipinski definition) is 0. The summed E-state index contributed by atoms with van der Waals surface area (Å²) in [5.41, 5.74) is 0.761. The van der Waals surface area contributed by atoms with Crippen molar-refractivity contribution in [3.05, 3.63) is 68.2 Å². The Morgan fingerprint density at radius 3 is 2.52 bits per heavy atom. The standard InChI is InChI=1S/C15H12ClNO4/c1-9-4-3-5-12(14(9)17(19)20)15(18)21-13-7-6-11(16)8-10(13)2/h3-8H,1-2H3. The molecule has 0 atom stereocenters. The van der Waals surface area contributed by atoms with Crippen LogP contribution in [0.2, 0.25) is 5.02 Å². The Kier molecular flexibility index (Phi) is 4.23. The number of carbonyl (C=O) groups excluding carboxylic acids is 1. The van der Waals surface area contributed by atoms with Gasteiger partial charge in [0.1, 0.15) is 11.3 Å². The van der Waals surface area contributed by atoms with E-state index in [1.807, 2.05) is 0 Å². The van der Waals surface area contributed by atoms with Crippen molar-refractivity contribution in [2.45, 2.75) is 13.8 Å². The topological polar surface area (TPSA) is 69.4 Å².